The summed E-state index contributed by atoms with van der Waals surface area (Å²) >= 11 is 0. The molecule has 33 heavy (non-hydrogen) atoms. The first-order valence-electron chi connectivity index (χ1n) is 11.6. The molecule has 1 atom stereocenters. The Morgan fingerprint density at radius 2 is 1.88 bits per heavy atom. The number of anilines is 1. The molecular weight excluding hydrogens is 438 g/mol. The minimum Gasteiger partial charge on any atom is -0.382 e. The van der Waals surface area contributed by atoms with E-state index < -0.39 is 21.6 Å². The third-order valence-corrected chi connectivity index (χ3v) is 6.92. The first-order valence-corrected chi connectivity index (χ1v) is 11.6. The molecule has 2 heterocycles. The SMILES string of the molecule is [2H]c1cc(S(=O)(=O)C([2H])(C)C)ccc1-c1cnc(N)c(-c2cc(-c3ccc(C([2H])NC)cc3)no2)n1. The number of nitrogens with zero attached hydrogens (tertiary/aromatic N) is 3. The maximum absolute atomic E-state index is 12.6. The zero-order valence-corrected chi connectivity index (χ0v) is 19.1. The van der Waals surface area contributed by atoms with E-state index in [0.29, 0.717) is 17.0 Å². The summed E-state index contributed by atoms with van der Waals surface area (Å²) in [6.07, 6.45) is 1.39. The van der Waals surface area contributed by atoms with Crippen molar-refractivity contribution in [2.75, 3.05) is 12.8 Å². The van der Waals surface area contributed by atoms with Crippen LogP contribution in [0.25, 0.3) is 34.0 Å². The van der Waals surface area contributed by atoms with Gasteiger partial charge in [0.2, 0.25) is 0 Å². The molecule has 0 bridgehead atoms. The Bertz CT molecular complexity index is 1520. The average Bonchev–Trinajstić information content (AvgIpc) is 3.33. The normalized spacial score (nSPS) is 14.3. The number of benzene rings is 2. The Morgan fingerprint density at radius 1 is 1.15 bits per heavy atom. The Labute approximate surface area is 197 Å². The highest BCUT2D eigenvalue weighted by molar-refractivity contribution is 7.92. The molecule has 3 N–H and O–H groups in total. The number of nitrogens with two attached hydrogens (primary N) is 1. The molecule has 0 amide bonds. The predicted molar refractivity (Wildman–Crippen MR) is 128 cm³/mol. The quantitative estimate of drug-likeness (QED) is 0.420. The van der Waals surface area contributed by atoms with Gasteiger partial charge < -0.3 is 15.6 Å². The second-order valence-corrected chi connectivity index (χ2v) is 9.77. The highest BCUT2D eigenvalue weighted by Crippen LogP contribution is 2.30. The van der Waals surface area contributed by atoms with Gasteiger partial charge in [-0.05, 0) is 38.6 Å². The second kappa shape index (κ2) is 9.13. The lowest BCUT2D eigenvalue weighted by Gasteiger charge is -2.09. The predicted octanol–water partition coefficient (Wildman–Crippen LogP) is 3.95. The number of rotatable bonds is 7. The number of nitrogens with one attached hydrogen (secondary N) is 1. The fourth-order valence-electron chi connectivity index (χ4n) is 3.12. The van der Waals surface area contributed by atoms with Gasteiger partial charge in [0, 0.05) is 26.5 Å². The van der Waals surface area contributed by atoms with Crippen LogP contribution in [0, 0.1) is 0 Å². The van der Waals surface area contributed by atoms with Crippen molar-refractivity contribution < 1.29 is 17.1 Å². The number of hydrogen-bond acceptors (Lipinski definition) is 8. The molecule has 0 saturated carbocycles. The molecule has 0 spiro atoms. The third kappa shape index (κ3) is 4.64. The summed E-state index contributed by atoms with van der Waals surface area (Å²) in [5.41, 5.74) is 9.05. The van der Waals surface area contributed by atoms with Crippen LogP contribution in [0.5, 0.6) is 0 Å². The number of nitrogen functional groups attached to an aromatic ring is 1. The van der Waals surface area contributed by atoms with E-state index in [0.717, 1.165) is 11.1 Å². The van der Waals surface area contributed by atoms with Gasteiger partial charge in [-0.25, -0.2) is 18.4 Å². The fraction of sp³-hybridized carbons (Fsp3) is 0.208. The van der Waals surface area contributed by atoms with Crippen molar-refractivity contribution in [1.82, 2.24) is 20.4 Å². The maximum atomic E-state index is 12.6. The summed E-state index contributed by atoms with van der Waals surface area (Å²) < 4.78 is 54.8. The van der Waals surface area contributed by atoms with Crippen molar-refractivity contribution in [2.45, 2.75) is 30.5 Å². The van der Waals surface area contributed by atoms with Crippen LogP contribution in [0.3, 0.4) is 0 Å². The Kier molecular flexibility index (Phi) is 5.24. The monoisotopic (exact) mass is 466 g/mol. The van der Waals surface area contributed by atoms with E-state index in [2.05, 4.69) is 20.4 Å². The second-order valence-electron chi connectivity index (χ2n) is 7.47. The van der Waals surface area contributed by atoms with Crippen molar-refractivity contribution in [3.05, 3.63) is 66.3 Å². The van der Waals surface area contributed by atoms with Crippen LogP contribution in [0.1, 0.15) is 23.5 Å². The van der Waals surface area contributed by atoms with Crippen molar-refractivity contribution in [2.24, 2.45) is 0 Å². The summed E-state index contributed by atoms with van der Waals surface area (Å²) in [4.78, 5) is 8.57. The molecular formula is C24H25N5O3S. The number of aromatic nitrogens is 3. The van der Waals surface area contributed by atoms with Gasteiger partial charge >= 0.3 is 0 Å². The van der Waals surface area contributed by atoms with Crippen molar-refractivity contribution >= 4 is 15.7 Å². The van der Waals surface area contributed by atoms with E-state index in [4.69, 9.17) is 14.4 Å². The zero-order valence-electron chi connectivity index (χ0n) is 21.3. The number of sulfone groups is 1. The van der Waals surface area contributed by atoms with Gasteiger partial charge in [-0.15, -0.1) is 0 Å². The van der Waals surface area contributed by atoms with Crippen LogP contribution in [0.2, 0.25) is 0 Å². The third-order valence-electron chi connectivity index (χ3n) is 4.97. The first-order chi connectivity index (χ1) is 16.9. The van der Waals surface area contributed by atoms with E-state index in [1.807, 2.05) is 24.3 Å². The molecule has 9 heteroatoms. The van der Waals surface area contributed by atoms with Gasteiger partial charge in [0.25, 0.3) is 0 Å². The maximum Gasteiger partial charge on any atom is 0.189 e. The number of hydrogen-bond donors (Lipinski definition) is 2. The molecule has 2 aromatic carbocycles. The van der Waals surface area contributed by atoms with Crippen LogP contribution in [-0.4, -0.2) is 35.8 Å². The van der Waals surface area contributed by atoms with Gasteiger partial charge in [-0.3, -0.25) is 0 Å². The van der Waals surface area contributed by atoms with Gasteiger partial charge in [0.05, 0.1) is 23.4 Å². The van der Waals surface area contributed by atoms with Crippen LogP contribution in [0.4, 0.5) is 5.82 Å². The topological polar surface area (TPSA) is 124 Å². The molecule has 8 nitrogen and oxygen atoms in total. The molecule has 0 saturated heterocycles. The molecule has 0 aliphatic rings. The van der Waals surface area contributed by atoms with Crippen LogP contribution in [-0.2, 0) is 16.4 Å². The van der Waals surface area contributed by atoms with Crippen molar-refractivity contribution in [3.63, 3.8) is 0 Å². The van der Waals surface area contributed by atoms with Gasteiger partial charge in [0.15, 0.2) is 27.1 Å². The minimum absolute atomic E-state index is 0.0852. The van der Waals surface area contributed by atoms with E-state index in [1.54, 1.807) is 13.1 Å². The lowest BCUT2D eigenvalue weighted by Crippen LogP contribution is -2.13. The highest BCUT2D eigenvalue weighted by Gasteiger charge is 2.20. The van der Waals surface area contributed by atoms with E-state index in [-0.39, 0.29) is 28.2 Å². The standard InChI is InChI=1S/C24H25N5O3S/c1-15(2)33(30,31)19-10-8-18(9-11-19)21-14-27-24(25)23(28-21)22-12-20(29-32-22)17-6-4-16(5-7-17)13-26-3/h4-12,14-15,26H,13H2,1-3H3,(H2,25,27)/i8D,13D,15D. The first kappa shape index (κ1) is 19.0. The lowest BCUT2D eigenvalue weighted by molar-refractivity contribution is 0.434. The fourth-order valence-corrected chi connectivity index (χ4v) is 4.05. The van der Waals surface area contributed by atoms with E-state index in [9.17, 15) is 8.42 Å². The zero-order chi connectivity index (χ0) is 26.3. The van der Waals surface area contributed by atoms with E-state index >= 15 is 0 Å². The summed E-state index contributed by atoms with van der Waals surface area (Å²) in [5, 5.41) is 5.22. The molecule has 2 aromatic heterocycles. The molecule has 4 aromatic rings. The van der Waals surface area contributed by atoms with Crippen LogP contribution >= 0.6 is 0 Å². The molecule has 170 valence electrons. The smallest absolute Gasteiger partial charge is 0.189 e. The molecule has 0 aliphatic carbocycles. The van der Waals surface area contributed by atoms with Crippen LogP contribution < -0.4 is 11.1 Å². The molecule has 4 rings (SSSR count). The van der Waals surface area contributed by atoms with E-state index in [1.165, 1.54) is 38.2 Å². The summed E-state index contributed by atoms with van der Waals surface area (Å²) in [6.45, 7) is 2.04. The summed E-state index contributed by atoms with van der Waals surface area (Å²) in [6, 6.07) is 12.9. The average molecular weight is 467 g/mol. The summed E-state index contributed by atoms with van der Waals surface area (Å²) in [7, 11) is -2.22. The molecule has 0 fully saturated rings. The minimum atomic E-state index is -3.94. The Hall–Kier alpha value is -3.56. The van der Waals surface area contributed by atoms with Crippen molar-refractivity contribution in [1.29, 1.82) is 0 Å². The van der Waals surface area contributed by atoms with Gasteiger partial charge in [-0.1, -0.05) is 41.5 Å². The van der Waals surface area contributed by atoms with Crippen molar-refractivity contribution in [3.8, 4) is 34.0 Å². The largest absolute Gasteiger partial charge is 0.382 e. The van der Waals surface area contributed by atoms with Gasteiger partial charge in [-0.2, -0.15) is 0 Å². The summed E-state index contributed by atoms with van der Waals surface area (Å²) in [5.74, 6) is 0.376. The Morgan fingerprint density at radius 3 is 2.55 bits per heavy atom. The molecule has 0 radical (unpaired) electrons. The highest BCUT2D eigenvalue weighted by atomic mass is 32.2. The Balaban J connectivity index is 1.67. The van der Waals surface area contributed by atoms with Crippen LogP contribution in [0.15, 0.2) is 70.2 Å². The molecule has 1 unspecified atom stereocenters. The lowest BCUT2D eigenvalue weighted by atomic mass is 10.1. The molecule has 0 aliphatic heterocycles. The van der Waals surface area contributed by atoms with Gasteiger partial charge in [0.1, 0.15) is 5.69 Å².